The van der Waals surface area contributed by atoms with E-state index in [-0.39, 0.29) is 11.9 Å². The minimum atomic E-state index is -0.0528. The van der Waals surface area contributed by atoms with Gasteiger partial charge in [-0.3, -0.25) is 14.7 Å². The smallest absolute Gasteiger partial charge is 0.223 e. The number of carbonyl (C=O) groups excluding carboxylic acids is 1. The van der Waals surface area contributed by atoms with Gasteiger partial charge in [-0.25, -0.2) is 0 Å². The maximum absolute atomic E-state index is 12.2. The summed E-state index contributed by atoms with van der Waals surface area (Å²) < 4.78 is 0. The Balaban J connectivity index is 2.22. The van der Waals surface area contributed by atoms with Gasteiger partial charge in [0, 0.05) is 24.5 Å². The van der Waals surface area contributed by atoms with E-state index in [0.717, 1.165) is 24.1 Å². The molecule has 0 aliphatic carbocycles. The monoisotopic (exact) mass is 319 g/mol. The van der Waals surface area contributed by atoms with Crippen LogP contribution >= 0.6 is 11.6 Å². The summed E-state index contributed by atoms with van der Waals surface area (Å²) in [4.78, 5) is 20.0. The molecule has 0 bridgehead atoms. The van der Waals surface area contributed by atoms with Gasteiger partial charge in [0.05, 0.1) is 12.7 Å². The fourth-order valence-corrected chi connectivity index (χ4v) is 2.90. The highest BCUT2D eigenvalue weighted by molar-refractivity contribution is 6.30. The quantitative estimate of drug-likeness (QED) is 0.724. The summed E-state index contributed by atoms with van der Waals surface area (Å²) in [6.45, 7) is 9.77. The van der Waals surface area contributed by atoms with Gasteiger partial charge >= 0.3 is 0 Å². The van der Waals surface area contributed by atoms with Gasteiger partial charge < -0.3 is 4.90 Å². The van der Waals surface area contributed by atoms with Gasteiger partial charge in [-0.15, -0.1) is 0 Å². The number of aliphatic imine (C=N–C) groups is 1. The lowest BCUT2D eigenvalue weighted by Gasteiger charge is -2.32. The number of amides is 1. The highest BCUT2D eigenvalue weighted by Crippen LogP contribution is 2.26. The molecule has 1 fully saturated rings. The molecule has 1 aliphatic rings. The number of likely N-dealkylation sites (N-methyl/N-ethyl adjacent to an activating group) is 1. The summed E-state index contributed by atoms with van der Waals surface area (Å²) in [5.41, 5.74) is 1.94. The molecule has 2 rings (SSSR count). The standard InChI is InChI=1S/C17H22ClN3O/c1-13(14-6-8-15(18)9-7-14)16(11-20(3)12-19-2)21-10-4-5-17(21)22/h6-9,16H,1-2,4-5,10-12H2,3H3. The van der Waals surface area contributed by atoms with Crippen molar-refractivity contribution in [3.8, 4) is 0 Å². The first-order valence-electron chi connectivity index (χ1n) is 7.38. The molecule has 1 aromatic carbocycles. The predicted octanol–water partition coefficient (Wildman–Crippen LogP) is 2.93. The summed E-state index contributed by atoms with van der Waals surface area (Å²) in [6, 6.07) is 7.54. The Bertz CT molecular complexity index is 556. The number of hydrogen-bond acceptors (Lipinski definition) is 3. The Kier molecular flexibility index (Phi) is 5.75. The van der Waals surface area contributed by atoms with Crippen LogP contribution < -0.4 is 0 Å². The largest absolute Gasteiger partial charge is 0.334 e. The van der Waals surface area contributed by atoms with Crippen molar-refractivity contribution in [2.45, 2.75) is 18.9 Å². The van der Waals surface area contributed by atoms with E-state index in [2.05, 4.69) is 18.3 Å². The maximum atomic E-state index is 12.2. The van der Waals surface area contributed by atoms with Gasteiger partial charge in [-0.05, 0) is 43.5 Å². The van der Waals surface area contributed by atoms with Crippen molar-refractivity contribution >= 4 is 29.8 Å². The zero-order chi connectivity index (χ0) is 16.1. The number of carbonyl (C=O) groups is 1. The van der Waals surface area contributed by atoms with Crippen LogP contribution in [0.5, 0.6) is 0 Å². The molecule has 0 aromatic heterocycles. The van der Waals surface area contributed by atoms with Crippen LogP contribution in [0.3, 0.4) is 0 Å². The van der Waals surface area contributed by atoms with Gasteiger partial charge in [-0.1, -0.05) is 30.3 Å². The van der Waals surface area contributed by atoms with Crippen molar-refractivity contribution < 1.29 is 4.79 Å². The lowest BCUT2D eigenvalue weighted by atomic mass is 9.98. The number of benzene rings is 1. The summed E-state index contributed by atoms with van der Waals surface area (Å²) in [5, 5.41) is 0.693. The summed E-state index contributed by atoms with van der Waals surface area (Å²) in [5.74, 6) is 0.195. The summed E-state index contributed by atoms with van der Waals surface area (Å²) in [7, 11) is 1.97. The maximum Gasteiger partial charge on any atom is 0.223 e. The van der Waals surface area contributed by atoms with E-state index in [1.807, 2.05) is 41.1 Å². The number of likely N-dealkylation sites (tertiary alicyclic amines) is 1. The van der Waals surface area contributed by atoms with Gasteiger partial charge in [0.2, 0.25) is 5.91 Å². The third kappa shape index (κ3) is 3.96. The van der Waals surface area contributed by atoms with Gasteiger partial charge in [0.1, 0.15) is 0 Å². The SMILES string of the molecule is C=NCN(C)CC(C(=C)c1ccc(Cl)cc1)N1CCCC1=O. The van der Waals surface area contributed by atoms with Crippen molar-refractivity contribution in [1.29, 1.82) is 0 Å². The van der Waals surface area contributed by atoms with Crippen LogP contribution in [0.1, 0.15) is 18.4 Å². The zero-order valence-electron chi connectivity index (χ0n) is 13.0. The van der Waals surface area contributed by atoms with E-state index in [4.69, 9.17) is 11.6 Å². The summed E-state index contributed by atoms with van der Waals surface area (Å²) in [6.07, 6.45) is 1.53. The molecule has 4 nitrogen and oxygen atoms in total. The molecule has 1 saturated heterocycles. The molecule has 1 amide bonds. The molecule has 1 unspecified atom stereocenters. The number of halogens is 1. The van der Waals surface area contributed by atoms with Crippen LogP contribution in [-0.4, -0.2) is 55.3 Å². The van der Waals surface area contributed by atoms with E-state index in [0.29, 0.717) is 24.7 Å². The second kappa shape index (κ2) is 7.56. The second-order valence-electron chi connectivity index (χ2n) is 5.64. The highest BCUT2D eigenvalue weighted by Gasteiger charge is 2.30. The van der Waals surface area contributed by atoms with Crippen LogP contribution in [0.15, 0.2) is 35.8 Å². The number of nitrogens with zero attached hydrogens (tertiary/aromatic N) is 3. The van der Waals surface area contributed by atoms with Crippen LogP contribution in [-0.2, 0) is 4.79 Å². The van der Waals surface area contributed by atoms with Gasteiger partial charge in [-0.2, -0.15) is 0 Å². The second-order valence-corrected chi connectivity index (χ2v) is 6.08. The summed E-state index contributed by atoms with van der Waals surface area (Å²) >= 11 is 5.95. The molecule has 1 aliphatic heterocycles. The fraction of sp³-hybridized carbons (Fsp3) is 0.412. The molecule has 0 N–H and O–H groups in total. The average Bonchev–Trinajstić information content (AvgIpc) is 2.91. The molecule has 22 heavy (non-hydrogen) atoms. The minimum absolute atomic E-state index is 0.0528. The normalized spacial score (nSPS) is 16.1. The Labute approximate surface area is 137 Å². The molecule has 5 heteroatoms. The number of hydrogen-bond donors (Lipinski definition) is 0. The van der Waals surface area contributed by atoms with Crippen molar-refractivity contribution in [3.63, 3.8) is 0 Å². The third-order valence-corrected chi connectivity index (χ3v) is 4.18. The lowest BCUT2D eigenvalue weighted by Crippen LogP contribution is -2.44. The van der Waals surface area contributed by atoms with E-state index in [1.54, 1.807) is 0 Å². The Hall–Kier alpha value is -1.65. The van der Waals surface area contributed by atoms with E-state index >= 15 is 0 Å². The molecule has 0 saturated carbocycles. The topological polar surface area (TPSA) is 35.9 Å². The molecule has 0 radical (unpaired) electrons. The van der Waals surface area contributed by atoms with Crippen LogP contribution in [0.2, 0.25) is 5.02 Å². The van der Waals surface area contributed by atoms with Crippen molar-refractivity contribution in [2.75, 3.05) is 26.8 Å². The predicted molar refractivity (Wildman–Crippen MR) is 92.3 cm³/mol. The number of rotatable bonds is 7. The third-order valence-electron chi connectivity index (χ3n) is 3.93. The first-order chi connectivity index (χ1) is 10.5. The molecular formula is C17H22ClN3O. The molecule has 118 valence electrons. The van der Waals surface area contributed by atoms with E-state index < -0.39 is 0 Å². The van der Waals surface area contributed by atoms with E-state index in [1.165, 1.54) is 0 Å². The minimum Gasteiger partial charge on any atom is -0.334 e. The Morgan fingerprint density at radius 2 is 2.14 bits per heavy atom. The first kappa shape index (κ1) is 16.7. The van der Waals surface area contributed by atoms with Crippen molar-refractivity contribution in [2.24, 2.45) is 4.99 Å². The van der Waals surface area contributed by atoms with Crippen molar-refractivity contribution in [3.05, 3.63) is 41.4 Å². The molecule has 1 aromatic rings. The highest BCUT2D eigenvalue weighted by atomic mass is 35.5. The molecule has 1 heterocycles. The fourth-order valence-electron chi connectivity index (χ4n) is 2.78. The Morgan fingerprint density at radius 1 is 1.45 bits per heavy atom. The van der Waals surface area contributed by atoms with Gasteiger partial charge in [0.25, 0.3) is 0 Å². The average molecular weight is 320 g/mol. The van der Waals surface area contributed by atoms with Crippen molar-refractivity contribution in [1.82, 2.24) is 9.80 Å². The Morgan fingerprint density at radius 3 is 2.68 bits per heavy atom. The lowest BCUT2D eigenvalue weighted by molar-refractivity contribution is -0.128. The van der Waals surface area contributed by atoms with Crippen LogP contribution in [0, 0.1) is 0 Å². The van der Waals surface area contributed by atoms with Crippen LogP contribution in [0.25, 0.3) is 5.57 Å². The van der Waals surface area contributed by atoms with Gasteiger partial charge in [0.15, 0.2) is 0 Å². The molecular weight excluding hydrogens is 298 g/mol. The molecule has 0 spiro atoms. The van der Waals surface area contributed by atoms with E-state index in [9.17, 15) is 4.79 Å². The first-order valence-corrected chi connectivity index (χ1v) is 7.76. The zero-order valence-corrected chi connectivity index (χ0v) is 13.7. The van der Waals surface area contributed by atoms with Crippen LogP contribution in [0.4, 0.5) is 0 Å². The molecule has 1 atom stereocenters.